The van der Waals surface area contributed by atoms with Crippen LogP contribution < -0.4 is 14.5 Å². The number of benzene rings is 14. The maximum atomic E-state index is 8.74. The van der Waals surface area contributed by atoms with Gasteiger partial charge in [-0.15, -0.1) is 0 Å². The molecular weight excluding hydrogens is 1080 g/mol. The first kappa shape index (κ1) is 50.4. The summed E-state index contributed by atoms with van der Waals surface area (Å²) in [5.41, 5.74) is 21.3. The third kappa shape index (κ3) is 10.0. The summed E-state index contributed by atoms with van der Waals surface area (Å²) >= 11 is 0. The Kier molecular flexibility index (Phi) is 12.9. The van der Waals surface area contributed by atoms with E-state index < -0.39 is 0 Å². The van der Waals surface area contributed by atoms with Crippen LogP contribution in [0.1, 0.15) is 2.74 Å². The number of hydrogen-bond acceptors (Lipinski definition) is 3. The Bertz CT molecular complexity index is 4810. The molecule has 16 rings (SSSR count). The molecule has 0 spiro atoms. The van der Waals surface area contributed by atoms with Crippen molar-refractivity contribution in [2.75, 3.05) is 9.80 Å². The minimum absolute atomic E-state index is 0.422. The third-order valence-corrected chi connectivity index (χ3v) is 17.0. The van der Waals surface area contributed by atoms with E-state index >= 15 is 0 Å². The van der Waals surface area contributed by atoms with E-state index in [1.54, 1.807) is 0 Å². The number of hydrogen-bond donors (Lipinski definition) is 0. The van der Waals surface area contributed by atoms with Crippen LogP contribution in [0.15, 0.2) is 352 Å². The predicted molar refractivity (Wildman–Crippen MR) is 373 cm³/mol. The molecule has 0 aliphatic rings. The zero-order valence-electron chi connectivity index (χ0n) is 50.5. The molecule has 0 unspecified atom stereocenters. The van der Waals surface area contributed by atoms with Crippen molar-refractivity contribution in [3.05, 3.63) is 352 Å². The molecule has 420 valence electrons. The first-order valence-corrected chi connectivity index (χ1v) is 30.1. The zero-order chi connectivity index (χ0) is 60.8. The van der Waals surface area contributed by atoms with Crippen LogP contribution in [0.5, 0.6) is 11.5 Å². The lowest BCUT2D eigenvalue weighted by Crippen LogP contribution is -2.10. The van der Waals surface area contributed by atoms with E-state index in [1.807, 2.05) is 60.7 Å². The van der Waals surface area contributed by atoms with Crippen molar-refractivity contribution < 1.29 is 7.48 Å². The fraction of sp³-hybridized carbons (Fsp3) is 0. The standard InChI is InChI=1S/C84H58N4O/c1-7-21-59(22-8-1)63-37-49-81-77(53-63)78-54-64(60-23-9-2-10-24-60)38-50-82(78)87(81)73-35-19-33-71(57-73)85(67-29-15-5-16-30-67)69-41-45-75(46-42-69)89-76-47-43-70(44-48-76)86(68-31-17-6-18-32-68)72-34-20-36-74(58-72)88-83-51-39-65(61-25-11-3-12-26-61)55-79(83)80-56-66(40-52-84(80)88)62-27-13-4-14-28-62/h1-58H/i15T,17T. The highest BCUT2D eigenvalue weighted by molar-refractivity contribution is 6.13. The van der Waals surface area contributed by atoms with Gasteiger partial charge in [0.25, 0.3) is 0 Å². The number of ether oxygens (including phenoxy) is 1. The summed E-state index contributed by atoms with van der Waals surface area (Å²) in [5.74, 6) is 1.36. The van der Waals surface area contributed by atoms with Crippen LogP contribution in [0.3, 0.4) is 0 Å². The molecule has 0 radical (unpaired) electrons. The van der Waals surface area contributed by atoms with E-state index in [0.717, 1.165) is 67.6 Å². The molecule has 2 aromatic heterocycles. The van der Waals surface area contributed by atoms with Crippen LogP contribution in [0.4, 0.5) is 34.1 Å². The summed E-state index contributed by atoms with van der Waals surface area (Å²) in [6, 6.07) is 119. The van der Waals surface area contributed by atoms with Crippen molar-refractivity contribution in [2.45, 2.75) is 0 Å². The van der Waals surface area contributed by atoms with Crippen molar-refractivity contribution in [2.24, 2.45) is 0 Å². The van der Waals surface area contributed by atoms with Gasteiger partial charge in [-0.3, -0.25) is 0 Å². The van der Waals surface area contributed by atoms with E-state index in [-0.39, 0.29) is 0 Å². The summed E-state index contributed by atoms with van der Waals surface area (Å²) in [5, 5.41) is 4.71. The molecule has 5 nitrogen and oxygen atoms in total. The van der Waals surface area contributed by atoms with Gasteiger partial charge >= 0.3 is 0 Å². The highest BCUT2D eigenvalue weighted by Gasteiger charge is 2.21. The maximum Gasteiger partial charge on any atom is 0.127 e. The van der Waals surface area contributed by atoms with Gasteiger partial charge in [0, 0.05) is 67.0 Å². The molecule has 0 bridgehead atoms. The van der Waals surface area contributed by atoms with E-state index in [2.05, 4.69) is 298 Å². The molecule has 0 aliphatic carbocycles. The van der Waals surface area contributed by atoms with Crippen LogP contribution in [-0.4, -0.2) is 9.13 Å². The minimum Gasteiger partial charge on any atom is -0.457 e. The largest absolute Gasteiger partial charge is 0.457 e. The molecule has 0 saturated carbocycles. The molecule has 0 amide bonds. The average molecular weight is 1140 g/mol. The first-order valence-electron chi connectivity index (χ1n) is 31.1. The van der Waals surface area contributed by atoms with Crippen LogP contribution >= 0.6 is 0 Å². The Morgan fingerprint density at radius 2 is 0.517 bits per heavy atom. The van der Waals surface area contributed by atoms with Crippen LogP contribution in [0, 0.1) is 0 Å². The number of rotatable bonds is 14. The summed E-state index contributed by atoms with van der Waals surface area (Å²) < 4.78 is 28.9. The molecule has 89 heavy (non-hydrogen) atoms. The molecule has 5 heteroatoms. The van der Waals surface area contributed by atoms with Gasteiger partial charge in [-0.05, 0) is 202 Å². The monoisotopic (exact) mass is 1140 g/mol. The second-order valence-electron chi connectivity index (χ2n) is 22.4. The fourth-order valence-electron chi connectivity index (χ4n) is 12.8. The highest BCUT2D eigenvalue weighted by Crippen LogP contribution is 2.44. The van der Waals surface area contributed by atoms with Gasteiger partial charge in [0.15, 0.2) is 0 Å². The molecular formula is C84H58N4O. The Balaban J connectivity index is 0.723. The summed E-state index contributed by atoms with van der Waals surface area (Å²) in [7, 11) is 0. The minimum atomic E-state index is 0.422. The number of anilines is 6. The van der Waals surface area contributed by atoms with Crippen LogP contribution in [0.2, 0.25) is 0 Å². The fourth-order valence-corrected chi connectivity index (χ4v) is 12.8. The predicted octanol–water partition coefficient (Wildman–Crippen LogP) is 23.3. The van der Waals surface area contributed by atoms with Crippen LogP contribution in [-0.2, 0) is 0 Å². The molecule has 0 N–H and O–H groups in total. The van der Waals surface area contributed by atoms with Crippen molar-refractivity contribution in [1.82, 2.24) is 9.13 Å². The van der Waals surface area contributed by atoms with Crippen molar-refractivity contribution >= 4 is 77.7 Å². The van der Waals surface area contributed by atoms with E-state index in [9.17, 15) is 0 Å². The van der Waals surface area contributed by atoms with E-state index in [4.69, 9.17) is 7.48 Å². The number of nitrogens with zero attached hydrogens (tertiary/aromatic N) is 4. The summed E-state index contributed by atoms with van der Waals surface area (Å²) in [6.07, 6.45) is 0. The first-order chi connectivity index (χ1) is 44.9. The molecule has 2 heterocycles. The Labute approximate surface area is 520 Å². The Morgan fingerprint density at radius 1 is 0.225 bits per heavy atom. The van der Waals surface area contributed by atoms with E-state index in [0.29, 0.717) is 23.6 Å². The van der Waals surface area contributed by atoms with Gasteiger partial charge in [0.1, 0.15) is 11.5 Å². The third-order valence-electron chi connectivity index (χ3n) is 17.0. The topological polar surface area (TPSA) is 25.6 Å². The van der Waals surface area contributed by atoms with Gasteiger partial charge < -0.3 is 23.7 Å². The normalized spacial score (nSPS) is 11.7. The van der Waals surface area contributed by atoms with Gasteiger partial charge in [-0.1, -0.05) is 194 Å². The molecule has 14 aromatic carbocycles. The Morgan fingerprint density at radius 3 is 0.831 bits per heavy atom. The number of fused-ring (bicyclic) bond motifs is 6. The van der Waals surface area contributed by atoms with Crippen molar-refractivity contribution in [3.8, 4) is 67.4 Å². The van der Waals surface area contributed by atoms with Crippen molar-refractivity contribution in [3.63, 3.8) is 0 Å². The number of aromatic nitrogens is 2. The quantitative estimate of drug-likeness (QED) is 0.109. The molecule has 16 aromatic rings. The van der Waals surface area contributed by atoms with Gasteiger partial charge in [-0.2, -0.15) is 0 Å². The highest BCUT2D eigenvalue weighted by atomic mass is 16.5. The summed E-state index contributed by atoms with van der Waals surface area (Å²) in [6.45, 7) is 0. The molecule has 0 aliphatic heterocycles. The zero-order valence-corrected chi connectivity index (χ0v) is 48.5. The average Bonchev–Trinajstić information content (AvgIpc) is 1.62. The van der Waals surface area contributed by atoms with Gasteiger partial charge in [0.2, 0.25) is 0 Å². The van der Waals surface area contributed by atoms with Crippen LogP contribution in [0.25, 0.3) is 99.5 Å². The SMILES string of the molecule is [3H]c1cccc(N(c2ccc(Oc3ccc(N(c4cccc([3H])c4)c4cccc(-n5c6ccc(-c7ccccc7)cc6c6cc(-c7ccccc7)ccc65)c4)cc3)cc2)c2cccc(-n3c4ccc(-c5ccccc5)cc4c4cc(-c5ccccc5)ccc43)c2)c1. The second kappa shape index (κ2) is 22.8. The summed E-state index contributed by atoms with van der Waals surface area (Å²) in [4.78, 5) is 4.41. The molecule has 0 atom stereocenters. The number of para-hydroxylation sites is 2. The maximum absolute atomic E-state index is 8.74. The van der Waals surface area contributed by atoms with Gasteiger partial charge in [0.05, 0.1) is 24.8 Å². The van der Waals surface area contributed by atoms with Gasteiger partial charge in [-0.25, -0.2) is 0 Å². The van der Waals surface area contributed by atoms with Crippen molar-refractivity contribution in [1.29, 1.82) is 0 Å². The Hall–Kier alpha value is -11.9. The second-order valence-corrected chi connectivity index (χ2v) is 22.4. The lowest BCUT2D eigenvalue weighted by Gasteiger charge is -2.26. The lowest BCUT2D eigenvalue weighted by atomic mass is 10.0. The lowest BCUT2D eigenvalue weighted by molar-refractivity contribution is 0.483. The smallest absolute Gasteiger partial charge is 0.127 e. The van der Waals surface area contributed by atoms with E-state index in [1.165, 1.54) is 66.1 Å². The molecule has 0 saturated heterocycles. The molecule has 0 fully saturated rings.